The normalized spacial score (nSPS) is 14.8. The first-order valence-corrected chi connectivity index (χ1v) is 10.9. The van der Waals surface area contributed by atoms with Gasteiger partial charge in [0, 0.05) is 30.1 Å². The number of anilines is 1. The van der Waals surface area contributed by atoms with Crippen molar-refractivity contribution in [2.24, 2.45) is 5.92 Å². The molecular formula is C25H27N5. The number of nitrogens with zero attached hydrogens (tertiary/aromatic N) is 4. The first-order valence-electron chi connectivity index (χ1n) is 10.9. The van der Waals surface area contributed by atoms with E-state index >= 15 is 0 Å². The van der Waals surface area contributed by atoms with Crippen molar-refractivity contribution in [3.05, 3.63) is 66.5 Å². The summed E-state index contributed by atoms with van der Waals surface area (Å²) in [5.74, 6) is 1.67. The summed E-state index contributed by atoms with van der Waals surface area (Å²) in [4.78, 5) is 9.48. The van der Waals surface area contributed by atoms with Gasteiger partial charge in [-0.3, -0.25) is 0 Å². The molecular weight excluding hydrogens is 370 g/mol. The highest BCUT2D eigenvalue weighted by Gasteiger charge is 2.18. The minimum Gasteiger partial charge on any atom is -0.370 e. The van der Waals surface area contributed by atoms with Gasteiger partial charge in [0.2, 0.25) is 0 Å². The number of pyridine rings is 1. The Balaban J connectivity index is 1.53. The fourth-order valence-corrected chi connectivity index (χ4v) is 4.46. The number of aromatic nitrogens is 4. The van der Waals surface area contributed by atoms with Crippen LogP contribution in [0.15, 0.2) is 60.9 Å². The van der Waals surface area contributed by atoms with E-state index in [1.54, 1.807) is 0 Å². The summed E-state index contributed by atoms with van der Waals surface area (Å²) in [6.07, 6.45) is 10.4. The summed E-state index contributed by atoms with van der Waals surface area (Å²) in [5.41, 5.74) is 6.18. The van der Waals surface area contributed by atoms with Crippen LogP contribution in [0.1, 0.15) is 37.7 Å². The zero-order valence-electron chi connectivity index (χ0n) is 17.4. The second kappa shape index (κ2) is 8.27. The van der Waals surface area contributed by atoms with Crippen LogP contribution in [0.5, 0.6) is 0 Å². The summed E-state index contributed by atoms with van der Waals surface area (Å²) < 4.78 is 1.93. The van der Waals surface area contributed by atoms with Crippen molar-refractivity contribution in [3.63, 3.8) is 0 Å². The molecule has 1 aliphatic rings. The molecule has 4 aromatic rings. The summed E-state index contributed by atoms with van der Waals surface area (Å²) in [6.45, 7) is 3.10. The van der Waals surface area contributed by atoms with E-state index in [9.17, 15) is 0 Å². The smallest absolute Gasteiger partial charge is 0.154 e. The van der Waals surface area contributed by atoms with Gasteiger partial charge < -0.3 is 5.32 Å². The third-order valence-electron chi connectivity index (χ3n) is 6.01. The molecule has 152 valence electrons. The van der Waals surface area contributed by atoms with E-state index < -0.39 is 0 Å². The van der Waals surface area contributed by atoms with E-state index in [1.165, 1.54) is 37.7 Å². The zero-order valence-corrected chi connectivity index (χ0v) is 17.4. The average Bonchev–Trinajstić information content (AvgIpc) is 3.18. The predicted molar refractivity (Wildman–Crippen MR) is 121 cm³/mol. The maximum atomic E-state index is 4.91. The second-order valence-corrected chi connectivity index (χ2v) is 8.29. The molecule has 0 bridgehead atoms. The number of hydrogen-bond acceptors (Lipinski definition) is 4. The summed E-state index contributed by atoms with van der Waals surface area (Å²) in [7, 11) is 0. The van der Waals surface area contributed by atoms with Gasteiger partial charge in [0.25, 0.3) is 0 Å². The van der Waals surface area contributed by atoms with Gasteiger partial charge in [-0.15, -0.1) is 0 Å². The maximum Gasteiger partial charge on any atom is 0.154 e. The highest BCUT2D eigenvalue weighted by Crippen LogP contribution is 2.33. The molecule has 0 spiro atoms. The van der Waals surface area contributed by atoms with Gasteiger partial charge in [-0.05, 0) is 56.0 Å². The van der Waals surface area contributed by atoms with Crippen LogP contribution in [0.3, 0.4) is 0 Å². The van der Waals surface area contributed by atoms with Gasteiger partial charge in [0.15, 0.2) is 5.65 Å². The molecule has 1 aliphatic carbocycles. The van der Waals surface area contributed by atoms with Crippen LogP contribution in [0.2, 0.25) is 0 Å². The third kappa shape index (κ3) is 3.80. The van der Waals surface area contributed by atoms with Crippen molar-refractivity contribution in [1.29, 1.82) is 0 Å². The lowest BCUT2D eigenvalue weighted by atomic mass is 9.89. The quantitative estimate of drug-likeness (QED) is 0.465. The number of imidazole rings is 1. The zero-order chi connectivity index (χ0) is 20.3. The Morgan fingerprint density at radius 2 is 1.87 bits per heavy atom. The monoisotopic (exact) mass is 397 g/mol. The molecule has 1 saturated carbocycles. The fraction of sp³-hybridized carbons (Fsp3) is 0.320. The minimum atomic E-state index is 0.754. The van der Waals surface area contributed by atoms with Gasteiger partial charge in [-0.2, -0.15) is 5.10 Å². The Kier molecular flexibility index (Phi) is 5.18. The standard InChI is InChI=1S/C25H27N5/c1-18-7-5-10-20(15-18)24-25(30-23(29-24)11-6-13-28-30)21-12-14-26-22(16-21)27-17-19-8-3-2-4-9-19/h5-7,10-16,19H,2-4,8-9,17H2,1H3,(H,26,27). The lowest BCUT2D eigenvalue weighted by molar-refractivity contribution is 0.373. The molecule has 0 saturated heterocycles. The molecule has 0 aliphatic heterocycles. The Morgan fingerprint density at radius 1 is 0.967 bits per heavy atom. The van der Waals surface area contributed by atoms with Gasteiger partial charge >= 0.3 is 0 Å². The molecule has 30 heavy (non-hydrogen) atoms. The largest absolute Gasteiger partial charge is 0.370 e. The number of rotatable bonds is 5. The summed E-state index contributed by atoms with van der Waals surface area (Å²) >= 11 is 0. The minimum absolute atomic E-state index is 0.754. The van der Waals surface area contributed by atoms with E-state index in [0.717, 1.165) is 46.4 Å². The second-order valence-electron chi connectivity index (χ2n) is 8.29. The van der Waals surface area contributed by atoms with Crippen LogP contribution in [-0.2, 0) is 0 Å². The molecule has 0 amide bonds. The number of fused-ring (bicyclic) bond motifs is 1. The van der Waals surface area contributed by atoms with E-state index in [-0.39, 0.29) is 0 Å². The molecule has 5 nitrogen and oxygen atoms in total. The van der Waals surface area contributed by atoms with Gasteiger partial charge in [-0.25, -0.2) is 14.5 Å². The SMILES string of the molecule is Cc1cccc(-c2nc3cccnn3c2-c2ccnc(NCC3CCCCC3)c2)c1. The van der Waals surface area contributed by atoms with Crippen molar-refractivity contribution in [1.82, 2.24) is 19.6 Å². The first kappa shape index (κ1) is 18.8. The Morgan fingerprint density at radius 3 is 2.73 bits per heavy atom. The predicted octanol–water partition coefficient (Wildman–Crippen LogP) is 5.76. The molecule has 0 atom stereocenters. The van der Waals surface area contributed by atoms with E-state index in [4.69, 9.17) is 4.98 Å². The molecule has 5 heteroatoms. The lowest BCUT2D eigenvalue weighted by Crippen LogP contribution is -2.17. The molecule has 5 rings (SSSR count). The highest BCUT2D eigenvalue weighted by atomic mass is 15.3. The number of benzene rings is 1. The lowest BCUT2D eigenvalue weighted by Gasteiger charge is -2.22. The number of nitrogens with one attached hydrogen (secondary N) is 1. The van der Waals surface area contributed by atoms with Gasteiger partial charge in [0.05, 0.1) is 5.69 Å². The van der Waals surface area contributed by atoms with Crippen LogP contribution >= 0.6 is 0 Å². The summed E-state index contributed by atoms with van der Waals surface area (Å²) in [6, 6.07) is 16.6. The van der Waals surface area contributed by atoms with Crippen molar-refractivity contribution in [3.8, 4) is 22.5 Å². The van der Waals surface area contributed by atoms with E-state index in [2.05, 4.69) is 52.7 Å². The van der Waals surface area contributed by atoms with Crippen LogP contribution < -0.4 is 5.32 Å². The van der Waals surface area contributed by atoms with Crippen LogP contribution in [0, 0.1) is 12.8 Å². The Bertz CT molecular complexity index is 1160. The third-order valence-corrected chi connectivity index (χ3v) is 6.01. The van der Waals surface area contributed by atoms with E-state index in [1.807, 2.05) is 35.1 Å². The van der Waals surface area contributed by atoms with Crippen molar-refractivity contribution < 1.29 is 0 Å². The van der Waals surface area contributed by atoms with Crippen LogP contribution in [0.4, 0.5) is 5.82 Å². The Labute approximate surface area is 177 Å². The molecule has 3 heterocycles. The van der Waals surface area contributed by atoms with Crippen molar-refractivity contribution in [2.45, 2.75) is 39.0 Å². The summed E-state index contributed by atoms with van der Waals surface area (Å²) in [5, 5.41) is 8.16. The Hall–Kier alpha value is -3.21. The molecule has 1 N–H and O–H groups in total. The first-order chi connectivity index (χ1) is 14.8. The van der Waals surface area contributed by atoms with E-state index in [0.29, 0.717) is 0 Å². The van der Waals surface area contributed by atoms with Crippen LogP contribution in [0.25, 0.3) is 28.2 Å². The molecule has 1 fully saturated rings. The maximum absolute atomic E-state index is 4.91. The van der Waals surface area contributed by atoms with Gasteiger partial charge in [0.1, 0.15) is 11.5 Å². The topological polar surface area (TPSA) is 55.1 Å². The molecule has 0 radical (unpaired) electrons. The number of hydrogen-bond donors (Lipinski definition) is 1. The molecule has 0 unspecified atom stereocenters. The fourth-order valence-electron chi connectivity index (χ4n) is 4.46. The average molecular weight is 398 g/mol. The number of aryl methyl sites for hydroxylation is 1. The van der Waals surface area contributed by atoms with Crippen molar-refractivity contribution >= 4 is 11.5 Å². The van der Waals surface area contributed by atoms with Crippen LogP contribution in [-0.4, -0.2) is 26.1 Å². The van der Waals surface area contributed by atoms with Gasteiger partial charge in [-0.1, -0.05) is 43.0 Å². The molecule has 1 aromatic carbocycles. The molecule has 3 aromatic heterocycles. The van der Waals surface area contributed by atoms with Crippen molar-refractivity contribution in [2.75, 3.05) is 11.9 Å². The highest BCUT2D eigenvalue weighted by molar-refractivity contribution is 5.82.